The predicted molar refractivity (Wildman–Crippen MR) is 96.3 cm³/mol. The molecular weight excluding hydrogens is 318 g/mol. The molecule has 0 radical (unpaired) electrons. The van der Waals surface area contributed by atoms with E-state index in [-0.39, 0.29) is 0 Å². The van der Waals surface area contributed by atoms with Gasteiger partial charge in [-0.2, -0.15) is 0 Å². The van der Waals surface area contributed by atoms with Crippen LogP contribution in [0.2, 0.25) is 0 Å². The number of aromatic amines is 1. The predicted octanol–water partition coefficient (Wildman–Crippen LogP) is 3.94. The largest absolute Gasteiger partial charge is 0.497 e. The molecule has 4 aromatic rings. The molecule has 6 heteroatoms. The van der Waals surface area contributed by atoms with Gasteiger partial charge in [0.2, 0.25) is 0 Å². The molecule has 25 heavy (non-hydrogen) atoms. The average molecular weight is 333 g/mol. The number of hydrogen-bond donors (Lipinski definition) is 2. The van der Waals surface area contributed by atoms with Gasteiger partial charge >= 0.3 is 5.76 Å². The molecule has 0 spiro atoms. The van der Waals surface area contributed by atoms with Crippen LogP contribution in [0, 0.1) is 0 Å². The Labute approximate surface area is 143 Å². The van der Waals surface area contributed by atoms with E-state index >= 15 is 0 Å². The van der Waals surface area contributed by atoms with Gasteiger partial charge in [-0.25, -0.2) is 4.79 Å². The average Bonchev–Trinajstić information content (AvgIpc) is 3.01. The van der Waals surface area contributed by atoms with Gasteiger partial charge in [-0.1, -0.05) is 12.1 Å². The summed E-state index contributed by atoms with van der Waals surface area (Å²) in [5.41, 5.74) is 4.78. The lowest BCUT2D eigenvalue weighted by Gasteiger charge is -2.09. The second-order valence-electron chi connectivity index (χ2n) is 5.54. The number of aromatic nitrogens is 2. The van der Waals surface area contributed by atoms with E-state index in [1.165, 1.54) is 0 Å². The molecular formula is C19H15N3O3. The van der Waals surface area contributed by atoms with Crippen LogP contribution in [0.5, 0.6) is 5.75 Å². The Morgan fingerprint density at radius 3 is 2.84 bits per heavy atom. The smallest absolute Gasteiger partial charge is 0.417 e. The number of oxazole rings is 1. The van der Waals surface area contributed by atoms with Crippen LogP contribution in [0.1, 0.15) is 0 Å². The van der Waals surface area contributed by atoms with Crippen LogP contribution in [-0.2, 0) is 0 Å². The molecule has 124 valence electrons. The first-order valence-corrected chi connectivity index (χ1v) is 7.71. The second kappa shape index (κ2) is 6.16. The molecule has 0 fully saturated rings. The molecule has 0 aliphatic rings. The minimum Gasteiger partial charge on any atom is -0.497 e. The molecule has 4 rings (SSSR count). The van der Waals surface area contributed by atoms with Crippen molar-refractivity contribution in [1.29, 1.82) is 0 Å². The van der Waals surface area contributed by atoms with Gasteiger partial charge in [0.05, 0.1) is 24.5 Å². The van der Waals surface area contributed by atoms with E-state index in [1.807, 2.05) is 48.5 Å². The highest BCUT2D eigenvalue weighted by Gasteiger charge is 2.06. The number of rotatable bonds is 4. The summed E-state index contributed by atoms with van der Waals surface area (Å²) < 4.78 is 10.4. The van der Waals surface area contributed by atoms with Crippen molar-refractivity contribution in [3.05, 3.63) is 71.5 Å². The molecule has 2 aromatic carbocycles. The molecule has 0 saturated carbocycles. The standard InChI is InChI=1S/C19H15N3O3/c1-24-16-4-2-3-14(9-16)21-15-7-13(10-20-11-15)12-5-6-17-18(8-12)25-19(23)22-17/h2-11,21H,1H3,(H,22,23). The molecule has 2 heterocycles. The van der Waals surface area contributed by atoms with Crippen molar-refractivity contribution in [2.45, 2.75) is 0 Å². The van der Waals surface area contributed by atoms with Crippen LogP contribution in [0.25, 0.3) is 22.2 Å². The Bertz CT molecular complexity index is 1100. The van der Waals surface area contributed by atoms with Gasteiger partial charge in [-0.3, -0.25) is 9.97 Å². The third-order valence-electron chi connectivity index (χ3n) is 3.85. The zero-order chi connectivity index (χ0) is 17.2. The summed E-state index contributed by atoms with van der Waals surface area (Å²) in [5, 5.41) is 3.31. The fourth-order valence-corrected chi connectivity index (χ4v) is 2.66. The Morgan fingerprint density at radius 1 is 1.04 bits per heavy atom. The van der Waals surface area contributed by atoms with Crippen molar-refractivity contribution >= 4 is 22.5 Å². The van der Waals surface area contributed by atoms with Crippen molar-refractivity contribution in [1.82, 2.24) is 9.97 Å². The van der Waals surface area contributed by atoms with Crippen molar-refractivity contribution in [3.63, 3.8) is 0 Å². The number of anilines is 2. The van der Waals surface area contributed by atoms with Crippen LogP contribution in [0.4, 0.5) is 11.4 Å². The van der Waals surface area contributed by atoms with Crippen LogP contribution >= 0.6 is 0 Å². The number of fused-ring (bicyclic) bond motifs is 1. The second-order valence-corrected chi connectivity index (χ2v) is 5.54. The van der Waals surface area contributed by atoms with Gasteiger partial charge in [-0.05, 0) is 35.9 Å². The topological polar surface area (TPSA) is 80.1 Å². The van der Waals surface area contributed by atoms with Gasteiger partial charge in [0.1, 0.15) is 5.75 Å². The van der Waals surface area contributed by atoms with Crippen molar-refractivity contribution < 1.29 is 9.15 Å². The molecule has 2 aromatic heterocycles. The van der Waals surface area contributed by atoms with Gasteiger partial charge in [0.15, 0.2) is 5.58 Å². The normalized spacial score (nSPS) is 10.8. The Balaban J connectivity index is 1.66. The first kappa shape index (κ1) is 15.0. The number of benzene rings is 2. The molecule has 0 saturated heterocycles. The number of H-pyrrole nitrogens is 1. The SMILES string of the molecule is COc1cccc(Nc2cncc(-c3ccc4[nH]c(=O)oc4c3)c2)c1. The lowest BCUT2D eigenvalue weighted by molar-refractivity contribution is 0.415. The number of pyridine rings is 1. The highest BCUT2D eigenvalue weighted by Crippen LogP contribution is 2.27. The number of ether oxygens (including phenoxy) is 1. The van der Waals surface area contributed by atoms with Crippen LogP contribution < -0.4 is 15.8 Å². The maximum atomic E-state index is 11.3. The highest BCUT2D eigenvalue weighted by atomic mass is 16.5. The van der Waals surface area contributed by atoms with E-state index in [9.17, 15) is 4.79 Å². The maximum Gasteiger partial charge on any atom is 0.417 e. The zero-order valence-electron chi connectivity index (χ0n) is 13.4. The van der Waals surface area contributed by atoms with E-state index in [4.69, 9.17) is 9.15 Å². The third kappa shape index (κ3) is 3.10. The first-order valence-electron chi connectivity index (χ1n) is 7.71. The first-order chi connectivity index (χ1) is 12.2. The molecule has 2 N–H and O–H groups in total. The minimum absolute atomic E-state index is 0.460. The summed E-state index contributed by atoms with van der Waals surface area (Å²) >= 11 is 0. The molecule has 0 bridgehead atoms. The summed E-state index contributed by atoms with van der Waals surface area (Å²) in [6, 6.07) is 15.2. The van der Waals surface area contributed by atoms with Gasteiger partial charge in [0.25, 0.3) is 0 Å². The number of nitrogens with zero attached hydrogens (tertiary/aromatic N) is 1. The van der Waals surface area contributed by atoms with E-state index in [1.54, 1.807) is 19.5 Å². The molecule has 0 unspecified atom stereocenters. The Hall–Kier alpha value is -3.54. The Morgan fingerprint density at radius 2 is 1.96 bits per heavy atom. The van der Waals surface area contributed by atoms with E-state index in [0.29, 0.717) is 11.1 Å². The van der Waals surface area contributed by atoms with E-state index in [2.05, 4.69) is 15.3 Å². The summed E-state index contributed by atoms with van der Waals surface area (Å²) in [5.74, 6) is 0.320. The van der Waals surface area contributed by atoms with E-state index < -0.39 is 5.76 Å². The van der Waals surface area contributed by atoms with Crippen molar-refractivity contribution in [2.75, 3.05) is 12.4 Å². The molecule has 0 atom stereocenters. The molecule has 0 aliphatic carbocycles. The molecule has 0 aliphatic heterocycles. The quantitative estimate of drug-likeness (QED) is 0.591. The van der Waals surface area contributed by atoms with Gasteiger partial charge in [-0.15, -0.1) is 0 Å². The third-order valence-corrected chi connectivity index (χ3v) is 3.85. The summed E-state index contributed by atoms with van der Waals surface area (Å²) in [6.45, 7) is 0. The van der Waals surface area contributed by atoms with Crippen molar-refractivity contribution in [2.24, 2.45) is 0 Å². The Kier molecular flexibility index (Phi) is 3.70. The van der Waals surface area contributed by atoms with Crippen LogP contribution in [0.3, 0.4) is 0 Å². The monoisotopic (exact) mass is 333 g/mol. The lowest BCUT2D eigenvalue weighted by atomic mass is 10.1. The molecule has 0 amide bonds. The maximum absolute atomic E-state index is 11.3. The summed E-state index contributed by atoms with van der Waals surface area (Å²) in [4.78, 5) is 18.2. The van der Waals surface area contributed by atoms with E-state index in [0.717, 1.165) is 28.3 Å². The number of hydrogen-bond acceptors (Lipinski definition) is 5. The molecule has 6 nitrogen and oxygen atoms in total. The fourth-order valence-electron chi connectivity index (χ4n) is 2.66. The highest BCUT2D eigenvalue weighted by molar-refractivity contribution is 5.80. The van der Waals surface area contributed by atoms with Crippen LogP contribution in [0.15, 0.2) is 70.1 Å². The fraction of sp³-hybridized carbons (Fsp3) is 0.0526. The minimum atomic E-state index is -0.460. The summed E-state index contributed by atoms with van der Waals surface area (Å²) in [6.07, 6.45) is 3.51. The lowest BCUT2D eigenvalue weighted by Crippen LogP contribution is -1.93. The van der Waals surface area contributed by atoms with Crippen LogP contribution in [-0.4, -0.2) is 17.1 Å². The number of nitrogens with one attached hydrogen (secondary N) is 2. The van der Waals surface area contributed by atoms with Crippen molar-refractivity contribution in [3.8, 4) is 16.9 Å². The van der Waals surface area contributed by atoms with Gasteiger partial charge in [0, 0.05) is 23.5 Å². The summed E-state index contributed by atoms with van der Waals surface area (Å²) in [7, 11) is 1.64. The number of methoxy groups -OCH3 is 1. The van der Waals surface area contributed by atoms with Gasteiger partial charge < -0.3 is 14.5 Å². The zero-order valence-corrected chi connectivity index (χ0v) is 13.4.